The van der Waals surface area contributed by atoms with E-state index in [9.17, 15) is 14.0 Å². The smallest absolute Gasteiger partial charge is 0.268 e. The van der Waals surface area contributed by atoms with Crippen LogP contribution < -0.4 is 9.64 Å². The minimum atomic E-state index is -1.29. The molecule has 1 fully saturated rings. The summed E-state index contributed by atoms with van der Waals surface area (Å²) in [6, 6.07) is 19.2. The fourth-order valence-electron chi connectivity index (χ4n) is 4.65. The van der Waals surface area contributed by atoms with Crippen LogP contribution in [0.1, 0.15) is 27.0 Å². The molecule has 0 bridgehead atoms. The van der Waals surface area contributed by atoms with Crippen LogP contribution >= 0.6 is 11.8 Å². The molecule has 1 saturated heterocycles. The monoisotopic (exact) mass is 462 g/mol. The molecule has 0 aliphatic carbocycles. The zero-order valence-electron chi connectivity index (χ0n) is 18.4. The van der Waals surface area contributed by atoms with Gasteiger partial charge in [0.05, 0.1) is 19.3 Å². The lowest BCUT2D eigenvalue weighted by molar-refractivity contribution is -0.123. The topological polar surface area (TPSA) is 49.9 Å². The number of amides is 2. The number of halogens is 1. The highest BCUT2D eigenvalue weighted by atomic mass is 32.2. The van der Waals surface area contributed by atoms with E-state index in [0.29, 0.717) is 41.4 Å². The molecule has 1 spiro atoms. The van der Waals surface area contributed by atoms with Crippen LogP contribution in [0.3, 0.4) is 0 Å². The number of methoxy groups -OCH3 is 1. The van der Waals surface area contributed by atoms with Gasteiger partial charge in [0.15, 0.2) is 4.87 Å². The van der Waals surface area contributed by atoms with Crippen molar-refractivity contribution in [2.24, 2.45) is 0 Å². The van der Waals surface area contributed by atoms with E-state index in [-0.39, 0.29) is 11.8 Å². The van der Waals surface area contributed by atoms with E-state index in [1.807, 2.05) is 31.2 Å². The van der Waals surface area contributed by atoms with Gasteiger partial charge in [0.1, 0.15) is 11.6 Å². The van der Waals surface area contributed by atoms with Crippen molar-refractivity contribution in [2.75, 3.05) is 24.3 Å². The Hall–Kier alpha value is -3.32. The standard InChI is InChI=1S/C26H23FN2O3S/c1-17-5-3-6-18(13-17)16-28-23-10-9-20(27)15-22(23)26(25(28)31)29(11-12-33-26)24(30)19-7-4-8-21(14-19)32-2/h3-10,13-15H,11-12,16H2,1-2H3. The Morgan fingerprint density at radius 2 is 1.94 bits per heavy atom. The Kier molecular flexibility index (Phi) is 5.37. The first-order valence-electron chi connectivity index (χ1n) is 10.7. The molecule has 0 N–H and O–H groups in total. The number of hydrogen-bond donors (Lipinski definition) is 0. The molecule has 1 atom stereocenters. The summed E-state index contributed by atoms with van der Waals surface area (Å²) in [4.78, 5) is 29.6. The first kappa shape index (κ1) is 21.5. The van der Waals surface area contributed by atoms with Crippen molar-refractivity contribution in [3.63, 3.8) is 0 Å². The van der Waals surface area contributed by atoms with E-state index in [1.165, 1.54) is 23.9 Å². The summed E-state index contributed by atoms with van der Waals surface area (Å²) < 4.78 is 19.7. The second kappa shape index (κ2) is 8.23. The third kappa shape index (κ3) is 3.47. The predicted octanol–water partition coefficient (Wildman–Crippen LogP) is 4.73. The van der Waals surface area contributed by atoms with Gasteiger partial charge in [-0.2, -0.15) is 0 Å². The van der Waals surface area contributed by atoms with Gasteiger partial charge in [0.2, 0.25) is 0 Å². The highest BCUT2D eigenvalue weighted by molar-refractivity contribution is 8.01. The van der Waals surface area contributed by atoms with Gasteiger partial charge in [-0.05, 0) is 48.9 Å². The van der Waals surface area contributed by atoms with E-state index in [1.54, 1.807) is 47.2 Å². The Labute approximate surface area is 196 Å². The highest BCUT2D eigenvalue weighted by Gasteiger charge is 2.59. The van der Waals surface area contributed by atoms with Gasteiger partial charge in [-0.3, -0.25) is 9.59 Å². The lowest BCUT2D eigenvalue weighted by Gasteiger charge is -2.33. The predicted molar refractivity (Wildman–Crippen MR) is 127 cm³/mol. The molecule has 0 saturated carbocycles. The largest absolute Gasteiger partial charge is 0.497 e. The average molecular weight is 463 g/mol. The van der Waals surface area contributed by atoms with E-state index >= 15 is 0 Å². The Bertz CT molecular complexity index is 1260. The zero-order chi connectivity index (χ0) is 23.2. The normalized spacial score (nSPS) is 19.3. The Morgan fingerprint density at radius 1 is 1.12 bits per heavy atom. The van der Waals surface area contributed by atoms with Crippen molar-refractivity contribution >= 4 is 29.3 Å². The van der Waals surface area contributed by atoms with Gasteiger partial charge in [0, 0.05) is 23.4 Å². The van der Waals surface area contributed by atoms with Crippen LogP contribution in [0.15, 0.2) is 66.7 Å². The molecule has 2 aliphatic rings. The fraction of sp³-hybridized carbons (Fsp3) is 0.231. The molecule has 5 rings (SSSR count). The van der Waals surface area contributed by atoms with E-state index in [4.69, 9.17) is 4.74 Å². The van der Waals surface area contributed by atoms with Gasteiger partial charge in [-0.1, -0.05) is 35.9 Å². The molecular formula is C26H23FN2O3S. The Morgan fingerprint density at radius 3 is 2.73 bits per heavy atom. The van der Waals surface area contributed by atoms with Gasteiger partial charge >= 0.3 is 0 Å². The summed E-state index contributed by atoms with van der Waals surface area (Å²) in [5.41, 5.74) is 3.67. The number of thioether (sulfide) groups is 1. The molecule has 0 radical (unpaired) electrons. The molecule has 5 nitrogen and oxygen atoms in total. The fourth-order valence-corrected chi connectivity index (χ4v) is 6.10. The molecule has 33 heavy (non-hydrogen) atoms. The number of aryl methyl sites for hydroxylation is 1. The highest BCUT2D eigenvalue weighted by Crippen LogP contribution is 2.55. The molecule has 2 heterocycles. The maximum absolute atomic E-state index is 14.4. The summed E-state index contributed by atoms with van der Waals surface area (Å²) in [5, 5.41) is 0. The second-order valence-electron chi connectivity index (χ2n) is 8.22. The van der Waals surface area contributed by atoms with Crippen LogP contribution in [0.4, 0.5) is 10.1 Å². The summed E-state index contributed by atoms with van der Waals surface area (Å²) in [7, 11) is 1.54. The molecule has 7 heteroatoms. The minimum absolute atomic E-state index is 0.219. The van der Waals surface area contributed by atoms with Crippen LogP contribution in [0.5, 0.6) is 5.75 Å². The van der Waals surface area contributed by atoms with Crippen molar-refractivity contribution in [1.82, 2.24) is 4.90 Å². The van der Waals surface area contributed by atoms with Crippen LogP contribution in [0.25, 0.3) is 0 Å². The minimum Gasteiger partial charge on any atom is -0.497 e. The van der Waals surface area contributed by atoms with Crippen LogP contribution in [0.2, 0.25) is 0 Å². The third-order valence-corrected chi connectivity index (χ3v) is 7.56. The maximum Gasteiger partial charge on any atom is 0.268 e. The number of carbonyl (C=O) groups excluding carboxylic acids is 2. The number of carbonyl (C=O) groups is 2. The van der Waals surface area contributed by atoms with Crippen LogP contribution in [0, 0.1) is 12.7 Å². The lowest BCUT2D eigenvalue weighted by atomic mass is 10.0. The molecule has 3 aromatic rings. The summed E-state index contributed by atoms with van der Waals surface area (Å²) >= 11 is 1.39. The van der Waals surface area contributed by atoms with Crippen molar-refractivity contribution in [3.05, 3.63) is 94.8 Å². The lowest BCUT2D eigenvalue weighted by Crippen LogP contribution is -2.50. The van der Waals surface area contributed by atoms with Gasteiger partial charge < -0.3 is 14.5 Å². The molecule has 0 aromatic heterocycles. The van der Waals surface area contributed by atoms with Crippen molar-refractivity contribution in [1.29, 1.82) is 0 Å². The van der Waals surface area contributed by atoms with E-state index in [2.05, 4.69) is 0 Å². The number of anilines is 1. The number of benzene rings is 3. The number of hydrogen-bond acceptors (Lipinski definition) is 4. The zero-order valence-corrected chi connectivity index (χ0v) is 19.2. The number of rotatable bonds is 4. The van der Waals surface area contributed by atoms with Crippen molar-refractivity contribution in [3.8, 4) is 5.75 Å². The van der Waals surface area contributed by atoms with Crippen molar-refractivity contribution < 1.29 is 18.7 Å². The first-order chi connectivity index (χ1) is 15.9. The molecule has 2 aliphatic heterocycles. The van der Waals surface area contributed by atoms with Crippen molar-refractivity contribution in [2.45, 2.75) is 18.3 Å². The van der Waals surface area contributed by atoms with Crippen LogP contribution in [-0.4, -0.2) is 36.1 Å². The first-order valence-corrected chi connectivity index (χ1v) is 11.7. The number of nitrogens with zero attached hydrogens (tertiary/aromatic N) is 2. The van der Waals surface area contributed by atoms with Gasteiger partial charge in [-0.15, -0.1) is 11.8 Å². The van der Waals surface area contributed by atoms with E-state index in [0.717, 1.165) is 11.1 Å². The molecule has 3 aromatic carbocycles. The molecule has 1 unspecified atom stereocenters. The SMILES string of the molecule is COc1cccc(C(=O)N2CCSC23C(=O)N(Cc2cccc(C)c2)c2ccc(F)cc23)c1. The number of ether oxygens (including phenoxy) is 1. The number of fused-ring (bicyclic) bond motifs is 2. The summed E-state index contributed by atoms with van der Waals surface area (Å²) in [5.74, 6) is 0.213. The maximum atomic E-state index is 14.4. The van der Waals surface area contributed by atoms with Gasteiger partial charge in [0.25, 0.3) is 11.8 Å². The molecular weight excluding hydrogens is 439 g/mol. The quantitative estimate of drug-likeness (QED) is 0.563. The molecule has 2 amide bonds. The van der Waals surface area contributed by atoms with Crippen LogP contribution in [-0.2, 0) is 16.2 Å². The van der Waals surface area contributed by atoms with E-state index < -0.39 is 10.7 Å². The molecule has 168 valence electrons. The third-order valence-electron chi connectivity index (χ3n) is 6.14. The second-order valence-corrected chi connectivity index (χ2v) is 9.51. The summed E-state index contributed by atoms with van der Waals surface area (Å²) in [6.07, 6.45) is 0. The average Bonchev–Trinajstić information content (AvgIpc) is 3.36. The van der Waals surface area contributed by atoms with Gasteiger partial charge in [-0.25, -0.2) is 4.39 Å². The Balaban J connectivity index is 1.59. The summed E-state index contributed by atoms with van der Waals surface area (Å²) in [6.45, 7) is 2.74.